The van der Waals surface area contributed by atoms with Crippen LogP contribution in [0.4, 0.5) is 5.69 Å². The van der Waals surface area contributed by atoms with E-state index in [2.05, 4.69) is 42.5 Å². The number of hydrogen-bond acceptors (Lipinski definition) is 4. The summed E-state index contributed by atoms with van der Waals surface area (Å²) in [5.74, 6) is 0.914. The molecule has 1 atom stereocenters. The molecule has 1 aliphatic heterocycles. The van der Waals surface area contributed by atoms with E-state index in [-0.39, 0.29) is 6.04 Å². The van der Waals surface area contributed by atoms with Gasteiger partial charge in [0.05, 0.1) is 12.6 Å². The molecule has 0 spiro atoms. The Morgan fingerprint density at radius 2 is 1.96 bits per heavy atom. The molecule has 144 valence electrons. The number of nitrogens with zero attached hydrogens (tertiary/aromatic N) is 1. The normalized spacial score (nSPS) is 17.0. The minimum absolute atomic E-state index is 0.162. The smallest absolute Gasteiger partial charge is 0.119 e. The van der Waals surface area contributed by atoms with E-state index < -0.39 is 0 Å². The number of halogens is 1. The number of rotatable bonds is 7. The Kier molecular flexibility index (Phi) is 6.78. The zero-order valence-corrected chi connectivity index (χ0v) is 16.8. The molecule has 0 bridgehead atoms. The van der Waals surface area contributed by atoms with Crippen LogP contribution in [0.15, 0.2) is 48.5 Å². The molecule has 1 heterocycles. The van der Waals surface area contributed by atoms with Gasteiger partial charge >= 0.3 is 0 Å². The Hall–Kier alpha value is -2.01. The lowest BCUT2D eigenvalue weighted by molar-refractivity contribution is 0.281. The average Bonchev–Trinajstić information content (AvgIpc) is 2.67. The molecular weight excluding hydrogens is 358 g/mol. The molecule has 0 radical (unpaired) electrons. The number of ether oxygens (including phenoxy) is 1. The molecule has 5 heteroatoms. The highest BCUT2D eigenvalue weighted by Gasteiger charge is 2.17. The highest BCUT2D eigenvalue weighted by Crippen LogP contribution is 2.32. The van der Waals surface area contributed by atoms with E-state index in [1.807, 2.05) is 30.3 Å². The Bertz CT molecular complexity index is 787. The van der Waals surface area contributed by atoms with Gasteiger partial charge in [0.1, 0.15) is 5.75 Å². The quantitative estimate of drug-likeness (QED) is 0.548. The van der Waals surface area contributed by atoms with Crippen LogP contribution in [0.1, 0.15) is 30.0 Å². The first kappa shape index (κ1) is 19.7. The second kappa shape index (κ2) is 9.27. The van der Waals surface area contributed by atoms with Crippen molar-refractivity contribution >= 4 is 22.9 Å². The van der Waals surface area contributed by atoms with Crippen LogP contribution in [0.5, 0.6) is 5.75 Å². The summed E-state index contributed by atoms with van der Waals surface area (Å²) in [4.78, 5) is 2.16. The maximum atomic E-state index is 6.16. The summed E-state index contributed by atoms with van der Waals surface area (Å²) < 4.78 is 5.82. The summed E-state index contributed by atoms with van der Waals surface area (Å²) in [7, 11) is 4.15. The SMILES string of the molecule is CN(C)CCCOc1ccc(C2C=C(c3cc(Cl)ccc3N)CCN2)cc1. The van der Waals surface area contributed by atoms with E-state index in [9.17, 15) is 0 Å². The molecular formula is C22H28ClN3O. The molecule has 1 aliphatic rings. The van der Waals surface area contributed by atoms with E-state index in [0.29, 0.717) is 5.02 Å². The number of nitrogen functional groups attached to an aromatic ring is 1. The van der Waals surface area contributed by atoms with E-state index in [0.717, 1.165) is 49.5 Å². The zero-order chi connectivity index (χ0) is 19.2. The molecule has 3 N–H and O–H groups in total. The van der Waals surface area contributed by atoms with Gasteiger partial charge in [-0.05, 0) is 68.4 Å². The maximum Gasteiger partial charge on any atom is 0.119 e. The number of anilines is 1. The van der Waals surface area contributed by atoms with Crippen LogP contribution in [0.25, 0.3) is 5.57 Å². The van der Waals surface area contributed by atoms with Gasteiger partial charge in [-0.2, -0.15) is 0 Å². The maximum absolute atomic E-state index is 6.16. The van der Waals surface area contributed by atoms with Crippen LogP contribution in [0, 0.1) is 0 Å². The molecule has 0 amide bonds. The third kappa shape index (κ3) is 5.48. The summed E-state index contributed by atoms with van der Waals surface area (Å²) >= 11 is 6.16. The molecule has 0 fully saturated rings. The van der Waals surface area contributed by atoms with E-state index >= 15 is 0 Å². The Balaban J connectivity index is 1.68. The molecule has 27 heavy (non-hydrogen) atoms. The molecule has 1 unspecified atom stereocenters. The highest BCUT2D eigenvalue weighted by atomic mass is 35.5. The largest absolute Gasteiger partial charge is 0.494 e. The van der Waals surface area contributed by atoms with Crippen LogP contribution < -0.4 is 15.8 Å². The molecule has 2 aromatic carbocycles. The van der Waals surface area contributed by atoms with Crippen LogP contribution in [-0.2, 0) is 0 Å². The fourth-order valence-electron chi connectivity index (χ4n) is 3.29. The van der Waals surface area contributed by atoms with Gasteiger partial charge in [0.15, 0.2) is 0 Å². The lowest BCUT2D eigenvalue weighted by Gasteiger charge is -2.24. The second-order valence-electron chi connectivity index (χ2n) is 7.18. The topological polar surface area (TPSA) is 50.5 Å². The van der Waals surface area contributed by atoms with Gasteiger partial charge in [-0.25, -0.2) is 0 Å². The van der Waals surface area contributed by atoms with Gasteiger partial charge in [-0.1, -0.05) is 29.8 Å². The average molecular weight is 386 g/mol. The predicted molar refractivity (Wildman–Crippen MR) is 114 cm³/mol. The molecule has 0 saturated carbocycles. The van der Waals surface area contributed by atoms with Crippen molar-refractivity contribution in [3.8, 4) is 5.75 Å². The molecule has 0 aromatic heterocycles. The lowest BCUT2D eigenvalue weighted by Crippen LogP contribution is -2.25. The van der Waals surface area contributed by atoms with E-state index in [1.54, 1.807) is 0 Å². The molecule has 0 saturated heterocycles. The molecule has 0 aliphatic carbocycles. The van der Waals surface area contributed by atoms with Crippen molar-refractivity contribution in [3.63, 3.8) is 0 Å². The van der Waals surface area contributed by atoms with Gasteiger partial charge < -0.3 is 20.7 Å². The van der Waals surface area contributed by atoms with Crippen molar-refractivity contribution in [1.82, 2.24) is 10.2 Å². The summed E-state index contributed by atoms with van der Waals surface area (Å²) in [6.07, 6.45) is 4.21. The first-order valence-corrected chi connectivity index (χ1v) is 9.77. The van der Waals surface area contributed by atoms with Gasteiger partial charge in [0, 0.05) is 29.4 Å². The minimum Gasteiger partial charge on any atom is -0.494 e. The van der Waals surface area contributed by atoms with E-state index in [4.69, 9.17) is 22.1 Å². The van der Waals surface area contributed by atoms with Crippen molar-refractivity contribution in [2.75, 3.05) is 39.5 Å². The molecule has 2 aromatic rings. The first-order chi connectivity index (χ1) is 13.0. The van der Waals surface area contributed by atoms with Crippen molar-refractivity contribution in [2.45, 2.75) is 18.9 Å². The molecule has 3 rings (SSSR count). The molecule has 4 nitrogen and oxygen atoms in total. The fraction of sp³-hybridized carbons (Fsp3) is 0.364. The van der Waals surface area contributed by atoms with Gasteiger partial charge in [-0.15, -0.1) is 0 Å². The summed E-state index contributed by atoms with van der Waals surface area (Å²) in [6, 6.07) is 14.2. The fourth-order valence-corrected chi connectivity index (χ4v) is 3.47. The number of nitrogens with two attached hydrogens (primary N) is 1. The third-order valence-corrected chi connectivity index (χ3v) is 4.98. The lowest BCUT2D eigenvalue weighted by atomic mass is 9.93. The summed E-state index contributed by atoms with van der Waals surface area (Å²) in [5.41, 5.74) is 10.4. The van der Waals surface area contributed by atoms with E-state index in [1.165, 1.54) is 11.1 Å². The summed E-state index contributed by atoms with van der Waals surface area (Å²) in [5, 5.41) is 4.27. The third-order valence-electron chi connectivity index (χ3n) is 4.75. The highest BCUT2D eigenvalue weighted by molar-refractivity contribution is 6.30. The van der Waals surface area contributed by atoms with Crippen LogP contribution in [0.2, 0.25) is 5.02 Å². The predicted octanol–water partition coefficient (Wildman–Crippen LogP) is 4.37. The Labute approximate surface area is 167 Å². The monoisotopic (exact) mass is 385 g/mol. The van der Waals surface area contributed by atoms with Crippen molar-refractivity contribution in [3.05, 3.63) is 64.7 Å². The van der Waals surface area contributed by atoms with Crippen LogP contribution >= 0.6 is 11.6 Å². The van der Waals surface area contributed by atoms with Crippen molar-refractivity contribution in [1.29, 1.82) is 0 Å². The number of benzene rings is 2. The Morgan fingerprint density at radius 1 is 1.19 bits per heavy atom. The van der Waals surface area contributed by atoms with Gasteiger partial charge in [0.2, 0.25) is 0 Å². The number of hydrogen-bond donors (Lipinski definition) is 2. The van der Waals surface area contributed by atoms with Crippen molar-refractivity contribution < 1.29 is 4.74 Å². The van der Waals surface area contributed by atoms with Crippen molar-refractivity contribution in [2.24, 2.45) is 0 Å². The zero-order valence-electron chi connectivity index (χ0n) is 16.0. The van der Waals surface area contributed by atoms with Crippen LogP contribution in [-0.4, -0.2) is 38.7 Å². The van der Waals surface area contributed by atoms with Gasteiger partial charge in [-0.3, -0.25) is 0 Å². The summed E-state index contributed by atoms with van der Waals surface area (Å²) in [6.45, 7) is 2.67. The Morgan fingerprint density at radius 3 is 2.70 bits per heavy atom. The number of nitrogens with one attached hydrogen (secondary N) is 1. The standard InChI is InChI=1S/C22H28ClN3O/c1-26(2)12-3-13-27-19-7-4-16(5-8-19)22-14-17(10-11-25-22)20-15-18(23)6-9-21(20)24/h4-9,14-15,22,25H,3,10-13,24H2,1-2H3. The van der Waals surface area contributed by atoms with Crippen LogP contribution in [0.3, 0.4) is 0 Å². The second-order valence-corrected chi connectivity index (χ2v) is 7.62. The minimum atomic E-state index is 0.162. The first-order valence-electron chi connectivity index (χ1n) is 9.40. The van der Waals surface area contributed by atoms with Gasteiger partial charge in [0.25, 0.3) is 0 Å².